The van der Waals surface area contributed by atoms with E-state index in [0.29, 0.717) is 6.61 Å². The molecule has 0 heterocycles. The van der Waals surface area contributed by atoms with Crippen LogP contribution in [-0.4, -0.2) is 12.5 Å². The molecule has 22 heavy (non-hydrogen) atoms. The molecule has 0 saturated carbocycles. The molecule has 1 amide bonds. The van der Waals surface area contributed by atoms with Gasteiger partial charge in [-0.25, -0.2) is 0 Å². The summed E-state index contributed by atoms with van der Waals surface area (Å²) in [6.07, 6.45) is 3.30. The molecule has 3 nitrogen and oxygen atoms in total. The van der Waals surface area contributed by atoms with Crippen LogP contribution in [0.4, 0.5) is 5.69 Å². The van der Waals surface area contributed by atoms with Crippen LogP contribution in [0.25, 0.3) is 6.08 Å². The fraction of sp³-hybridized carbons (Fsp3) is 0.167. The quantitative estimate of drug-likeness (QED) is 0.778. The lowest BCUT2D eigenvalue weighted by molar-refractivity contribution is -0.111. The summed E-state index contributed by atoms with van der Waals surface area (Å²) in [5.74, 6) is 0.671. The zero-order valence-corrected chi connectivity index (χ0v) is 14.2. The average molecular weight is 360 g/mol. The number of anilines is 1. The zero-order chi connectivity index (χ0) is 15.9. The molecule has 0 unspecified atom stereocenters. The number of ether oxygens (including phenoxy) is 1. The molecule has 0 spiro atoms. The number of halogens is 1. The van der Waals surface area contributed by atoms with Crippen molar-refractivity contribution in [2.45, 2.75) is 13.8 Å². The molecule has 2 aromatic carbocycles. The van der Waals surface area contributed by atoms with E-state index in [0.717, 1.165) is 27.0 Å². The van der Waals surface area contributed by atoms with Crippen LogP contribution in [-0.2, 0) is 4.79 Å². The Morgan fingerprint density at radius 3 is 2.59 bits per heavy atom. The van der Waals surface area contributed by atoms with E-state index in [2.05, 4.69) is 21.2 Å². The summed E-state index contributed by atoms with van der Waals surface area (Å²) in [5, 5.41) is 2.84. The number of hydrogen-bond donors (Lipinski definition) is 1. The Morgan fingerprint density at radius 2 is 1.95 bits per heavy atom. The number of rotatable bonds is 5. The van der Waals surface area contributed by atoms with Gasteiger partial charge in [0.1, 0.15) is 5.75 Å². The molecule has 1 N–H and O–H groups in total. The van der Waals surface area contributed by atoms with Gasteiger partial charge in [-0.1, -0.05) is 28.1 Å². The number of amides is 1. The Morgan fingerprint density at radius 1 is 1.23 bits per heavy atom. The monoisotopic (exact) mass is 359 g/mol. The minimum atomic E-state index is -0.157. The van der Waals surface area contributed by atoms with E-state index in [-0.39, 0.29) is 5.91 Å². The maximum atomic E-state index is 11.9. The van der Waals surface area contributed by atoms with Crippen LogP contribution in [0.3, 0.4) is 0 Å². The number of carbonyl (C=O) groups excluding carboxylic acids is 1. The third-order valence-electron chi connectivity index (χ3n) is 3.04. The second kappa shape index (κ2) is 7.80. The summed E-state index contributed by atoms with van der Waals surface area (Å²) in [7, 11) is 0. The van der Waals surface area contributed by atoms with Crippen molar-refractivity contribution >= 4 is 33.6 Å². The molecular formula is C18H18BrNO2. The first kappa shape index (κ1) is 16.3. The molecule has 0 bridgehead atoms. The molecule has 0 aliphatic carbocycles. The molecule has 114 valence electrons. The molecule has 0 radical (unpaired) electrons. The predicted molar refractivity (Wildman–Crippen MR) is 94.2 cm³/mol. The number of benzene rings is 2. The maximum Gasteiger partial charge on any atom is 0.248 e. The Hall–Kier alpha value is -2.07. The van der Waals surface area contributed by atoms with Gasteiger partial charge in [-0.2, -0.15) is 0 Å². The summed E-state index contributed by atoms with van der Waals surface area (Å²) in [6, 6.07) is 13.3. The van der Waals surface area contributed by atoms with Gasteiger partial charge in [-0.3, -0.25) is 4.79 Å². The van der Waals surface area contributed by atoms with E-state index in [1.54, 1.807) is 6.08 Å². The SMILES string of the molecule is CCOc1ccc(/C=C/C(=O)Nc2ccc(Br)c(C)c2)cc1. The Bertz CT molecular complexity index is 678. The Balaban J connectivity index is 1.97. The van der Waals surface area contributed by atoms with E-state index in [1.165, 1.54) is 6.08 Å². The standard InChI is InChI=1S/C18H18BrNO2/c1-3-22-16-8-4-14(5-9-16)6-11-18(21)20-15-7-10-17(19)13(2)12-15/h4-12H,3H2,1-2H3,(H,20,21)/b11-6+. The van der Waals surface area contributed by atoms with Gasteiger partial charge in [0.15, 0.2) is 0 Å². The van der Waals surface area contributed by atoms with Crippen LogP contribution in [0.2, 0.25) is 0 Å². The number of carbonyl (C=O) groups is 1. The van der Waals surface area contributed by atoms with Crippen LogP contribution in [0, 0.1) is 6.92 Å². The van der Waals surface area contributed by atoms with E-state index in [1.807, 2.05) is 56.3 Å². The first-order valence-corrected chi connectivity index (χ1v) is 7.86. The number of aryl methyl sites for hydroxylation is 1. The molecule has 0 aliphatic rings. The Kier molecular flexibility index (Phi) is 5.78. The van der Waals surface area contributed by atoms with E-state index in [4.69, 9.17) is 4.74 Å². The Labute approximate surface area is 139 Å². The van der Waals surface area contributed by atoms with Crippen molar-refractivity contribution < 1.29 is 9.53 Å². The van der Waals surface area contributed by atoms with Gasteiger partial charge in [-0.05, 0) is 61.4 Å². The highest BCUT2D eigenvalue weighted by atomic mass is 79.9. The van der Waals surface area contributed by atoms with Crippen LogP contribution in [0.15, 0.2) is 53.0 Å². The molecule has 0 saturated heterocycles. The molecule has 2 rings (SSSR count). The molecular weight excluding hydrogens is 342 g/mol. The minimum Gasteiger partial charge on any atom is -0.494 e. The summed E-state index contributed by atoms with van der Waals surface area (Å²) in [6.45, 7) is 4.57. The van der Waals surface area contributed by atoms with E-state index >= 15 is 0 Å². The molecule has 0 aliphatic heterocycles. The summed E-state index contributed by atoms with van der Waals surface area (Å²) in [5.41, 5.74) is 2.81. The highest BCUT2D eigenvalue weighted by molar-refractivity contribution is 9.10. The van der Waals surface area contributed by atoms with Crippen molar-refractivity contribution in [2.75, 3.05) is 11.9 Å². The molecule has 0 atom stereocenters. The van der Waals surface area contributed by atoms with E-state index in [9.17, 15) is 4.79 Å². The zero-order valence-electron chi connectivity index (χ0n) is 12.6. The van der Waals surface area contributed by atoms with Crippen molar-refractivity contribution in [1.82, 2.24) is 0 Å². The number of hydrogen-bond acceptors (Lipinski definition) is 2. The smallest absolute Gasteiger partial charge is 0.248 e. The van der Waals surface area contributed by atoms with Crippen LogP contribution < -0.4 is 10.1 Å². The summed E-state index contributed by atoms with van der Waals surface area (Å²) >= 11 is 3.44. The van der Waals surface area contributed by atoms with Gasteiger partial charge in [-0.15, -0.1) is 0 Å². The predicted octanol–water partition coefficient (Wildman–Crippen LogP) is 4.81. The first-order valence-electron chi connectivity index (χ1n) is 7.06. The largest absolute Gasteiger partial charge is 0.494 e. The fourth-order valence-electron chi connectivity index (χ4n) is 1.92. The minimum absolute atomic E-state index is 0.157. The molecule has 0 aromatic heterocycles. The maximum absolute atomic E-state index is 11.9. The van der Waals surface area contributed by atoms with Crippen LogP contribution >= 0.6 is 15.9 Å². The lowest BCUT2D eigenvalue weighted by Crippen LogP contribution is -2.07. The van der Waals surface area contributed by atoms with Crippen molar-refractivity contribution in [3.8, 4) is 5.75 Å². The van der Waals surface area contributed by atoms with Gasteiger partial charge in [0, 0.05) is 16.2 Å². The van der Waals surface area contributed by atoms with Gasteiger partial charge < -0.3 is 10.1 Å². The van der Waals surface area contributed by atoms with Crippen molar-refractivity contribution in [3.63, 3.8) is 0 Å². The van der Waals surface area contributed by atoms with Gasteiger partial charge >= 0.3 is 0 Å². The number of nitrogens with one attached hydrogen (secondary N) is 1. The first-order chi connectivity index (χ1) is 10.6. The second-order valence-electron chi connectivity index (χ2n) is 4.79. The second-order valence-corrected chi connectivity index (χ2v) is 5.64. The van der Waals surface area contributed by atoms with Crippen molar-refractivity contribution in [3.05, 3.63) is 64.1 Å². The molecule has 4 heteroatoms. The average Bonchev–Trinajstić information content (AvgIpc) is 2.51. The lowest BCUT2D eigenvalue weighted by atomic mass is 10.2. The van der Waals surface area contributed by atoms with Crippen molar-refractivity contribution in [2.24, 2.45) is 0 Å². The lowest BCUT2D eigenvalue weighted by Gasteiger charge is -2.05. The third-order valence-corrected chi connectivity index (χ3v) is 3.93. The summed E-state index contributed by atoms with van der Waals surface area (Å²) < 4.78 is 6.40. The topological polar surface area (TPSA) is 38.3 Å². The third kappa shape index (κ3) is 4.74. The van der Waals surface area contributed by atoms with Gasteiger partial charge in [0.05, 0.1) is 6.61 Å². The molecule has 0 fully saturated rings. The molecule has 2 aromatic rings. The van der Waals surface area contributed by atoms with Gasteiger partial charge in [0.25, 0.3) is 0 Å². The highest BCUT2D eigenvalue weighted by Crippen LogP contribution is 2.20. The highest BCUT2D eigenvalue weighted by Gasteiger charge is 2.00. The van der Waals surface area contributed by atoms with E-state index < -0.39 is 0 Å². The van der Waals surface area contributed by atoms with Crippen molar-refractivity contribution in [1.29, 1.82) is 0 Å². The fourth-order valence-corrected chi connectivity index (χ4v) is 2.17. The summed E-state index contributed by atoms with van der Waals surface area (Å²) in [4.78, 5) is 11.9. The normalized spacial score (nSPS) is 10.7. The van der Waals surface area contributed by atoms with Gasteiger partial charge in [0.2, 0.25) is 5.91 Å². The van der Waals surface area contributed by atoms with Crippen LogP contribution in [0.5, 0.6) is 5.75 Å². The van der Waals surface area contributed by atoms with Crippen LogP contribution in [0.1, 0.15) is 18.1 Å².